The van der Waals surface area contributed by atoms with Crippen LogP contribution < -0.4 is 5.63 Å². The summed E-state index contributed by atoms with van der Waals surface area (Å²) in [6.45, 7) is 6.17. The average molecular weight is 500 g/mol. The van der Waals surface area contributed by atoms with Crippen molar-refractivity contribution in [2.24, 2.45) is 0 Å². The van der Waals surface area contributed by atoms with E-state index in [-0.39, 0.29) is 10.5 Å². The highest BCUT2D eigenvalue weighted by Gasteiger charge is 2.27. The molecule has 34 heavy (non-hydrogen) atoms. The molecular weight excluding hydrogens is 474 g/mol. The first-order chi connectivity index (χ1) is 16.4. The van der Waals surface area contributed by atoms with Gasteiger partial charge in [-0.3, -0.25) is 0 Å². The minimum Gasteiger partial charge on any atom is -0.423 e. The van der Waals surface area contributed by atoms with Crippen LogP contribution in [0.25, 0.3) is 22.0 Å². The Hall–Kier alpha value is -2.66. The summed E-state index contributed by atoms with van der Waals surface area (Å²) in [7, 11) is -3.60. The summed E-state index contributed by atoms with van der Waals surface area (Å²) in [4.78, 5) is 17.1. The van der Waals surface area contributed by atoms with Crippen LogP contribution in [0.3, 0.4) is 0 Å². The monoisotopic (exact) mass is 499 g/mol. The van der Waals surface area contributed by atoms with Gasteiger partial charge in [0.25, 0.3) is 0 Å². The fourth-order valence-corrected chi connectivity index (χ4v) is 6.70. The van der Waals surface area contributed by atoms with E-state index in [0.717, 1.165) is 27.2 Å². The van der Waals surface area contributed by atoms with E-state index in [9.17, 15) is 13.2 Å². The lowest BCUT2D eigenvalue weighted by Gasteiger charge is -2.26. The van der Waals surface area contributed by atoms with Gasteiger partial charge in [0.15, 0.2) is 5.16 Å². The van der Waals surface area contributed by atoms with Gasteiger partial charge in [0.2, 0.25) is 10.0 Å². The number of hydrogen-bond donors (Lipinski definition) is 0. The summed E-state index contributed by atoms with van der Waals surface area (Å²) in [6, 6.07) is 12.5. The van der Waals surface area contributed by atoms with Gasteiger partial charge >= 0.3 is 5.63 Å². The molecule has 0 radical (unpaired) electrons. The van der Waals surface area contributed by atoms with Crippen LogP contribution in [0.2, 0.25) is 0 Å². The molecule has 0 unspecified atom stereocenters. The number of thioether (sulfide) groups is 1. The minimum atomic E-state index is -3.60. The van der Waals surface area contributed by atoms with E-state index >= 15 is 0 Å². The second-order valence-corrected chi connectivity index (χ2v) is 11.1. The first-order valence-corrected chi connectivity index (χ1v) is 13.5. The first-order valence-electron chi connectivity index (χ1n) is 11.1. The number of nitrogens with zero attached hydrogens (tertiary/aromatic N) is 3. The number of imidazole rings is 1. The molecule has 0 atom stereocenters. The van der Waals surface area contributed by atoms with Crippen molar-refractivity contribution < 1.29 is 17.6 Å². The van der Waals surface area contributed by atoms with Crippen molar-refractivity contribution in [1.29, 1.82) is 0 Å². The van der Waals surface area contributed by atoms with Crippen LogP contribution in [0.1, 0.15) is 18.1 Å². The zero-order valence-electron chi connectivity index (χ0n) is 19.0. The Balaban J connectivity index is 1.47. The van der Waals surface area contributed by atoms with Crippen molar-refractivity contribution in [3.63, 3.8) is 0 Å². The number of benzene rings is 2. The van der Waals surface area contributed by atoms with Gasteiger partial charge in [-0.15, -0.1) is 0 Å². The van der Waals surface area contributed by atoms with Crippen LogP contribution in [-0.4, -0.2) is 48.6 Å². The van der Waals surface area contributed by atoms with Crippen LogP contribution in [-0.2, 0) is 27.1 Å². The van der Waals surface area contributed by atoms with Gasteiger partial charge in [-0.05, 0) is 49.2 Å². The van der Waals surface area contributed by atoms with E-state index in [2.05, 4.69) is 4.57 Å². The van der Waals surface area contributed by atoms with Gasteiger partial charge in [-0.1, -0.05) is 23.9 Å². The summed E-state index contributed by atoms with van der Waals surface area (Å²) < 4.78 is 40.3. The summed E-state index contributed by atoms with van der Waals surface area (Å²) >= 11 is 1.51. The molecule has 1 aliphatic heterocycles. The molecule has 1 aliphatic rings. The van der Waals surface area contributed by atoms with Crippen molar-refractivity contribution in [1.82, 2.24) is 13.9 Å². The summed E-state index contributed by atoms with van der Waals surface area (Å²) in [5, 5.41) is 1.67. The van der Waals surface area contributed by atoms with Gasteiger partial charge in [-0.2, -0.15) is 4.31 Å². The van der Waals surface area contributed by atoms with Crippen LogP contribution in [0.4, 0.5) is 0 Å². The minimum absolute atomic E-state index is 0.237. The molecule has 4 aromatic rings. The number of hydrogen-bond acceptors (Lipinski definition) is 7. The van der Waals surface area contributed by atoms with E-state index in [1.54, 1.807) is 12.1 Å². The zero-order chi connectivity index (χ0) is 23.9. The van der Waals surface area contributed by atoms with E-state index in [1.165, 1.54) is 22.1 Å². The molecule has 2 aromatic heterocycles. The molecule has 8 nitrogen and oxygen atoms in total. The lowest BCUT2D eigenvalue weighted by Crippen LogP contribution is -2.40. The molecule has 0 N–H and O–H groups in total. The quantitative estimate of drug-likeness (QED) is 0.294. The normalized spacial score (nSPS) is 15.4. The highest BCUT2D eigenvalue weighted by molar-refractivity contribution is 7.98. The Morgan fingerprint density at radius 2 is 1.88 bits per heavy atom. The van der Waals surface area contributed by atoms with Crippen molar-refractivity contribution in [2.75, 3.05) is 26.3 Å². The fourth-order valence-electron chi connectivity index (χ4n) is 4.20. The SMILES string of the molecule is CCn1c(SCc2cc(=O)oc3cc(C)ccc23)nc2cc(S(=O)(=O)N3CCOCC3)ccc21. The Morgan fingerprint density at radius 3 is 2.65 bits per heavy atom. The largest absolute Gasteiger partial charge is 0.423 e. The fraction of sp³-hybridized carbons (Fsp3) is 0.333. The Bertz CT molecular complexity index is 1540. The maximum Gasteiger partial charge on any atom is 0.336 e. The number of ether oxygens (including phenoxy) is 1. The van der Waals surface area contributed by atoms with E-state index in [0.29, 0.717) is 49.7 Å². The lowest BCUT2D eigenvalue weighted by atomic mass is 10.1. The van der Waals surface area contributed by atoms with Crippen molar-refractivity contribution in [3.8, 4) is 0 Å². The Kier molecular flexibility index (Phi) is 6.24. The van der Waals surface area contributed by atoms with Crippen LogP contribution in [0.5, 0.6) is 0 Å². The van der Waals surface area contributed by atoms with Crippen molar-refractivity contribution in [2.45, 2.75) is 36.2 Å². The number of morpholine rings is 1. The van der Waals surface area contributed by atoms with E-state index in [4.69, 9.17) is 14.1 Å². The van der Waals surface area contributed by atoms with Gasteiger partial charge in [0, 0.05) is 36.8 Å². The Morgan fingerprint density at radius 1 is 1.09 bits per heavy atom. The molecule has 1 fully saturated rings. The number of aryl methyl sites for hydroxylation is 2. The molecule has 0 bridgehead atoms. The summed E-state index contributed by atoms with van der Waals surface area (Å²) in [5.41, 5.74) is 3.60. The topological polar surface area (TPSA) is 94.6 Å². The van der Waals surface area contributed by atoms with Crippen LogP contribution in [0.15, 0.2) is 61.7 Å². The molecule has 0 amide bonds. The third-order valence-electron chi connectivity index (χ3n) is 5.95. The first kappa shape index (κ1) is 23.1. The van der Waals surface area contributed by atoms with Gasteiger partial charge in [0.1, 0.15) is 5.58 Å². The predicted molar refractivity (Wildman–Crippen MR) is 132 cm³/mol. The molecule has 10 heteroatoms. The molecular formula is C24H25N3O5S2. The second kappa shape index (κ2) is 9.18. The van der Waals surface area contributed by atoms with Gasteiger partial charge in [0.05, 0.1) is 29.1 Å². The average Bonchev–Trinajstić information content (AvgIpc) is 3.19. The van der Waals surface area contributed by atoms with Gasteiger partial charge in [-0.25, -0.2) is 18.2 Å². The standard InChI is InChI=1S/C24H25N3O5S2/c1-3-27-21-7-5-18(34(29,30)26-8-10-31-11-9-26)14-20(21)25-24(27)33-15-17-13-23(28)32-22-12-16(2)4-6-19(17)22/h4-7,12-14H,3,8-11,15H2,1-2H3. The number of sulfonamides is 1. The molecule has 0 saturated carbocycles. The second-order valence-electron chi connectivity index (χ2n) is 8.18. The highest BCUT2D eigenvalue weighted by atomic mass is 32.2. The molecule has 5 rings (SSSR count). The maximum atomic E-state index is 13.1. The Labute approximate surface area is 201 Å². The van der Waals surface area contributed by atoms with E-state index < -0.39 is 10.0 Å². The van der Waals surface area contributed by atoms with Crippen molar-refractivity contribution in [3.05, 3.63) is 64.0 Å². The van der Waals surface area contributed by atoms with Crippen LogP contribution >= 0.6 is 11.8 Å². The molecule has 178 valence electrons. The smallest absolute Gasteiger partial charge is 0.336 e. The third-order valence-corrected chi connectivity index (χ3v) is 8.87. The number of fused-ring (bicyclic) bond motifs is 2. The molecule has 0 aliphatic carbocycles. The third kappa shape index (κ3) is 4.26. The summed E-state index contributed by atoms with van der Waals surface area (Å²) in [5.74, 6) is 0.535. The zero-order valence-corrected chi connectivity index (χ0v) is 20.6. The maximum absolute atomic E-state index is 13.1. The van der Waals surface area contributed by atoms with Gasteiger partial charge < -0.3 is 13.7 Å². The number of aromatic nitrogens is 2. The molecule has 0 spiro atoms. The highest BCUT2D eigenvalue weighted by Crippen LogP contribution is 2.31. The summed E-state index contributed by atoms with van der Waals surface area (Å²) in [6.07, 6.45) is 0. The molecule has 3 heterocycles. The van der Waals surface area contributed by atoms with Crippen LogP contribution in [0, 0.1) is 6.92 Å². The number of rotatable bonds is 6. The lowest BCUT2D eigenvalue weighted by molar-refractivity contribution is 0.0730. The predicted octanol–water partition coefficient (Wildman–Crippen LogP) is 3.78. The molecule has 1 saturated heterocycles. The van der Waals surface area contributed by atoms with Crippen molar-refractivity contribution >= 4 is 43.8 Å². The molecule has 2 aromatic carbocycles. The van der Waals surface area contributed by atoms with E-state index in [1.807, 2.05) is 38.1 Å².